The van der Waals surface area contributed by atoms with Crippen molar-refractivity contribution in [3.8, 4) is 0 Å². The minimum Gasteiger partial charge on any atom is -0.419 e. The summed E-state index contributed by atoms with van der Waals surface area (Å²) >= 11 is 0. The number of rotatable bonds is 9. The van der Waals surface area contributed by atoms with Crippen molar-refractivity contribution in [3.63, 3.8) is 0 Å². The number of hydrogen-bond donors (Lipinski definition) is 0. The van der Waals surface area contributed by atoms with E-state index in [0.717, 1.165) is 30.6 Å². The van der Waals surface area contributed by atoms with Crippen LogP contribution in [0.4, 0.5) is 4.39 Å². The Morgan fingerprint density at radius 2 is 1.59 bits per heavy atom. The van der Waals surface area contributed by atoms with Crippen molar-refractivity contribution in [1.82, 2.24) is 0 Å². The first kappa shape index (κ1) is 23.0. The molecule has 0 radical (unpaired) electrons. The minimum absolute atomic E-state index is 0.108. The summed E-state index contributed by atoms with van der Waals surface area (Å²) < 4.78 is 20.6. The second-order valence-corrected chi connectivity index (χ2v) is 9.78. The van der Waals surface area contributed by atoms with E-state index >= 15 is 4.39 Å². The van der Waals surface area contributed by atoms with Gasteiger partial charge in [-0.2, -0.15) is 0 Å². The zero-order chi connectivity index (χ0) is 22.5. The Morgan fingerprint density at radius 1 is 0.875 bits per heavy atom. The Labute approximate surface area is 191 Å². The van der Waals surface area contributed by atoms with Crippen molar-refractivity contribution in [2.45, 2.75) is 96.8 Å². The van der Waals surface area contributed by atoms with Crippen molar-refractivity contribution in [3.05, 3.63) is 57.7 Å². The van der Waals surface area contributed by atoms with Crippen LogP contribution in [-0.4, -0.2) is 0 Å². The fourth-order valence-electron chi connectivity index (χ4n) is 5.50. The molecule has 1 fully saturated rings. The molecule has 0 amide bonds. The molecule has 3 aromatic rings. The van der Waals surface area contributed by atoms with E-state index in [9.17, 15) is 4.79 Å². The highest BCUT2D eigenvalue weighted by atomic mass is 19.1. The first-order valence-electron chi connectivity index (χ1n) is 12.8. The average Bonchev–Trinajstić information content (AvgIpc) is 2.82. The van der Waals surface area contributed by atoms with E-state index in [4.69, 9.17) is 4.42 Å². The van der Waals surface area contributed by atoms with Gasteiger partial charge in [0.2, 0.25) is 0 Å². The van der Waals surface area contributed by atoms with Crippen molar-refractivity contribution in [1.29, 1.82) is 0 Å². The number of hydrogen-bond acceptors (Lipinski definition) is 2. The van der Waals surface area contributed by atoms with Gasteiger partial charge >= 0.3 is 5.63 Å². The van der Waals surface area contributed by atoms with Crippen LogP contribution in [0, 0.1) is 11.7 Å². The van der Waals surface area contributed by atoms with Gasteiger partial charge in [0.05, 0.1) is 5.39 Å². The van der Waals surface area contributed by atoms with Crippen molar-refractivity contribution >= 4 is 21.7 Å². The summed E-state index contributed by atoms with van der Waals surface area (Å²) in [5.74, 6) is 0.999. The van der Waals surface area contributed by atoms with Gasteiger partial charge in [0.25, 0.3) is 0 Å². The number of aryl methyl sites for hydroxylation is 1. The van der Waals surface area contributed by atoms with Crippen LogP contribution in [0.2, 0.25) is 0 Å². The summed E-state index contributed by atoms with van der Waals surface area (Å²) in [6, 6.07) is 9.95. The normalized spacial score (nSPS) is 19.1. The van der Waals surface area contributed by atoms with E-state index in [1.807, 2.05) is 24.3 Å². The Hall–Kier alpha value is -2.16. The predicted molar refractivity (Wildman–Crippen MR) is 132 cm³/mol. The molecule has 3 heteroatoms. The van der Waals surface area contributed by atoms with Gasteiger partial charge in [0, 0.05) is 10.8 Å². The first-order chi connectivity index (χ1) is 15.6. The lowest BCUT2D eigenvalue weighted by Crippen LogP contribution is -2.14. The maximum absolute atomic E-state index is 15.1. The van der Waals surface area contributed by atoms with Crippen LogP contribution in [0.3, 0.4) is 0 Å². The summed E-state index contributed by atoms with van der Waals surface area (Å²) in [6.45, 7) is 4.40. The highest BCUT2D eigenvalue weighted by Crippen LogP contribution is 2.39. The van der Waals surface area contributed by atoms with Crippen LogP contribution in [-0.2, 0) is 6.42 Å². The molecule has 0 unspecified atom stereocenters. The fourth-order valence-corrected chi connectivity index (χ4v) is 5.50. The van der Waals surface area contributed by atoms with E-state index in [-0.39, 0.29) is 11.4 Å². The molecule has 2 nitrogen and oxygen atoms in total. The lowest BCUT2D eigenvalue weighted by atomic mass is 9.77. The second-order valence-electron chi connectivity index (χ2n) is 9.78. The van der Waals surface area contributed by atoms with Gasteiger partial charge in [0.1, 0.15) is 0 Å². The lowest BCUT2D eigenvalue weighted by Gasteiger charge is -2.29. The van der Waals surface area contributed by atoms with Crippen LogP contribution in [0.25, 0.3) is 21.7 Å². The third kappa shape index (κ3) is 4.92. The molecule has 0 aliphatic heterocycles. The van der Waals surface area contributed by atoms with E-state index in [0.29, 0.717) is 28.7 Å². The SMILES string of the molecule is CCCCCc1ccc2c(oc(=O)c3cc(C4CCC(CCCCC)CC4)ccc32)c1F. The molecule has 1 heterocycles. The third-order valence-electron chi connectivity index (χ3n) is 7.51. The molecule has 2 aromatic carbocycles. The summed E-state index contributed by atoms with van der Waals surface area (Å²) in [5, 5.41) is 2.08. The van der Waals surface area contributed by atoms with Gasteiger partial charge in [-0.05, 0) is 67.6 Å². The van der Waals surface area contributed by atoms with Gasteiger partial charge in [-0.15, -0.1) is 0 Å². The van der Waals surface area contributed by atoms with Gasteiger partial charge in [0.15, 0.2) is 11.4 Å². The summed E-state index contributed by atoms with van der Waals surface area (Å²) in [5.41, 5.74) is 1.55. The van der Waals surface area contributed by atoms with Crippen molar-refractivity contribution in [2.75, 3.05) is 0 Å². The van der Waals surface area contributed by atoms with E-state index in [1.165, 1.54) is 56.9 Å². The summed E-state index contributed by atoms with van der Waals surface area (Å²) in [4.78, 5) is 12.8. The molecule has 32 heavy (non-hydrogen) atoms. The van der Waals surface area contributed by atoms with Gasteiger partial charge < -0.3 is 4.42 Å². The Kier molecular flexibility index (Phi) is 7.65. The Morgan fingerprint density at radius 3 is 2.34 bits per heavy atom. The minimum atomic E-state index is -0.424. The van der Waals surface area contributed by atoms with Crippen LogP contribution in [0.5, 0.6) is 0 Å². The van der Waals surface area contributed by atoms with Gasteiger partial charge in [-0.1, -0.05) is 76.6 Å². The predicted octanol–water partition coefficient (Wildman–Crippen LogP) is 8.67. The lowest BCUT2D eigenvalue weighted by molar-refractivity contribution is 0.303. The molecule has 1 aromatic heterocycles. The molecule has 1 aliphatic rings. The summed E-state index contributed by atoms with van der Waals surface area (Å²) in [7, 11) is 0. The van der Waals surface area contributed by atoms with Crippen molar-refractivity contribution in [2.24, 2.45) is 5.92 Å². The number of unbranched alkanes of at least 4 members (excludes halogenated alkanes) is 4. The molecule has 0 atom stereocenters. The molecule has 0 bridgehead atoms. The number of fused-ring (bicyclic) bond motifs is 3. The standard InChI is InChI=1S/C29H37FO2/c1-3-5-7-9-20-11-13-21(14-12-20)23-16-17-24-25-18-15-22(10-8-6-4-2)27(30)28(25)32-29(31)26(24)19-23/h15-21H,3-14H2,1-2H3. The molecule has 1 saturated carbocycles. The number of halogens is 1. The maximum atomic E-state index is 15.1. The van der Waals surface area contributed by atoms with Crippen molar-refractivity contribution < 1.29 is 8.81 Å². The average molecular weight is 437 g/mol. The Balaban J connectivity index is 1.57. The van der Waals surface area contributed by atoms with E-state index < -0.39 is 5.63 Å². The van der Waals surface area contributed by atoms with Crippen LogP contribution in [0.1, 0.15) is 102 Å². The van der Waals surface area contributed by atoms with E-state index in [1.54, 1.807) is 0 Å². The molecular weight excluding hydrogens is 399 g/mol. The Bertz CT molecular complexity index is 1110. The number of benzene rings is 2. The second kappa shape index (κ2) is 10.6. The van der Waals surface area contributed by atoms with Gasteiger partial charge in [-0.25, -0.2) is 9.18 Å². The molecule has 0 spiro atoms. The molecule has 4 rings (SSSR count). The highest BCUT2D eigenvalue weighted by molar-refractivity contribution is 6.04. The smallest absolute Gasteiger partial charge is 0.344 e. The molecular formula is C29H37FO2. The van der Waals surface area contributed by atoms with Crippen LogP contribution in [0.15, 0.2) is 39.5 Å². The van der Waals surface area contributed by atoms with Crippen LogP contribution >= 0.6 is 0 Å². The van der Waals surface area contributed by atoms with E-state index in [2.05, 4.69) is 19.9 Å². The quantitative estimate of drug-likeness (QED) is 0.191. The maximum Gasteiger partial charge on any atom is 0.344 e. The molecule has 0 saturated heterocycles. The zero-order valence-corrected chi connectivity index (χ0v) is 19.7. The monoisotopic (exact) mass is 436 g/mol. The highest BCUT2D eigenvalue weighted by Gasteiger charge is 2.23. The molecule has 172 valence electrons. The first-order valence-corrected chi connectivity index (χ1v) is 12.8. The third-order valence-corrected chi connectivity index (χ3v) is 7.51. The fraction of sp³-hybridized carbons (Fsp3) is 0.552. The van der Waals surface area contributed by atoms with Crippen LogP contribution < -0.4 is 5.63 Å². The largest absolute Gasteiger partial charge is 0.419 e. The van der Waals surface area contributed by atoms with Gasteiger partial charge in [-0.3, -0.25) is 0 Å². The molecule has 1 aliphatic carbocycles. The zero-order valence-electron chi connectivity index (χ0n) is 19.7. The summed E-state index contributed by atoms with van der Waals surface area (Å²) in [6.07, 6.45) is 14.1. The molecule has 0 N–H and O–H groups in total. The topological polar surface area (TPSA) is 30.2 Å².